The normalized spacial score (nSPS) is 13.3. The van der Waals surface area contributed by atoms with Crippen LogP contribution in [-0.4, -0.2) is 0 Å². The van der Waals surface area contributed by atoms with Gasteiger partial charge in [-0.2, -0.15) is 0 Å². The fourth-order valence-corrected chi connectivity index (χ4v) is 8.20. The van der Waals surface area contributed by atoms with Crippen LogP contribution in [-0.2, 0) is 21.7 Å². The van der Waals surface area contributed by atoms with Gasteiger partial charge in [-0.05, 0) is 91.6 Å². The topological polar surface area (TPSA) is 18.5 Å². The average molecular weight is 621 g/mol. The Morgan fingerprint density at radius 2 is 0.844 bits per heavy atom. The van der Waals surface area contributed by atoms with E-state index in [0.717, 1.165) is 16.8 Å². The first-order chi connectivity index (χ1) is 20.7. The molecule has 0 saturated heterocycles. The van der Waals surface area contributed by atoms with Crippen molar-refractivity contribution >= 4 is 13.7 Å². The van der Waals surface area contributed by atoms with E-state index < -0.39 is 8.38 Å². The fraction of sp³-hybridized carbons (Fsp3) is 0.429. The molecule has 4 aromatic rings. The Balaban J connectivity index is 1.76. The quantitative estimate of drug-likeness (QED) is 0.182. The van der Waals surface area contributed by atoms with Gasteiger partial charge in [-0.3, -0.25) is 0 Å². The molecule has 1 aliphatic rings. The second kappa shape index (κ2) is 11.3. The van der Waals surface area contributed by atoms with Crippen LogP contribution in [0, 0.1) is 34.7 Å². The van der Waals surface area contributed by atoms with Crippen molar-refractivity contribution in [3.8, 4) is 11.5 Å². The van der Waals surface area contributed by atoms with Crippen LogP contribution in [0.15, 0.2) is 66.7 Å². The smallest absolute Gasteiger partial charge is 0.326 e. The second-order valence-corrected chi connectivity index (χ2v) is 18.4. The lowest BCUT2D eigenvalue weighted by molar-refractivity contribution is 0.465. The van der Waals surface area contributed by atoms with Crippen molar-refractivity contribution in [1.29, 1.82) is 0 Å². The van der Waals surface area contributed by atoms with E-state index in [1.807, 2.05) is 0 Å². The van der Waals surface area contributed by atoms with Crippen LogP contribution in [0.2, 0.25) is 0 Å². The van der Waals surface area contributed by atoms with E-state index >= 15 is 0 Å². The highest BCUT2D eigenvalue weighted by Crippen LogP contribution is 2.48. The first-order valence-electron chi connectivity index (χ1n) is 16.4. The predicted octanol–water partition coefficient (Wildman–Crippen LogP) is 11.5. The molecule has 1 aliphatic carbocycles. The summed E-state index contributed by atoms with van der Waals surface area (Å²) in [6.07, 6.45) is 0. The van der Waals surface area contributed by atoms with Gasteiger partial charge in [0, 0.05) is 16.3 Å². The van der Waals surface area contributed by atoms with Crippen molar-refractivity contribution in [1.82, 2.24) is 0 Å². The van der Waals surface area contributed by atoms with Crippen LogP contribution in [0.5, 0.6) is 11.5 Å². The summed E-state index contributed by atoms with van der Waals surface area (Å²) in [4.78, 5) is 0. The molecular weight excluding hydrogens is 567 g/mol. The number of hydrogen-bond acceptors (Lipinski definition) is 2. The van der Waals surface area contributed by atoms with Crippen LogP contribution in [0.3, 0.4) is 0 Å². The molecule has 2 nitrogen and oxygen atoms in total. The molecule has 0 amide bonds. The van der Waals surface area contributed by atoms with E-state index in [1.165, 1.54) is 54.3 Å². The average Bonchev–Trinajstić information content (AvgIpc) is 2.88. The molecule has 0 saturated carbocycles. The summed E-state index contributed by atoms with van der Waals surface area (Å²) < 4.78 is 14.5. The number of hydrogen-bond donors (Lipinski definition) is 0. The number of benzene rings is 4. The Kier molecular flexibility index (Phi) is 8.36. The zero-order valence-electron chi connectivity index (χ0n) is 30.1. The third-order valence-electron chi connectivity index (χ3n) is 8.97. The summed E-state index contributed by atoms with van der Waals surface area (Å²) in [5, 5.41) is 6.21. The van der Waals surface area contributed by atoms with Crippen LogP contribution in [0.25, 0.3) is 0 Å². The van der Waals surface area contributed by atoms with Crippen LogP contribution >= 0.6 is 8.38 Å². The van der Waals surface area contributed by atoms with Crippen LogP contribution in [0.4, 0.5) is 0 Å². The fourth-order valence-electron chi connectivity index (χ4n) is 6.67. The van der Waals surface area contributed by atoms with Gasteiger partial charge >= 0.3 is 8.38 Å². The standard InChI is InChI=1S/C42H53O2P/c1-26-22-35(33(41(9,10)11)24-31(26)39(3,4)5)43-45(37-21-17-20-30-28-18-15-16-19-29(28)38(30)37)44-36-23-27(2)32(40(6,7)8)25-34(36)42(12,13)14/h15-25H,1-14H3. The van der Waals surface area contributed by atoms with Gasteiger partial charge < -0.3 is 9.05 Å². The molecule has 0 radical (unpaired) electrons. The van der Waals surface area contributed by atoms with E-state index in [9.17, 15) is 0 Å². The Morgan fingerprint density at radius 3 is 1.27 bits per heavy atom. The molecule has 0 aromatic heterocycles. The highest BCUT2D eigenvalue weighted by molar-refractivity contribution is 7.56. The first kappa shape index (κ1) is 33.3. The minimum atomic E-state index is -1.55. The molecule has 238 valence electrons. The van der Waals surface area contributed by atoms with Gasteiger partial charge in [0.1, 0.15) is 11.5 Å². The van der Waals surface area contributed by atoms with E-state index in [-0.39, 0.29) is 21.7 Å². The van der Waals surface area contributed by atoms with Gasteiger partial charge in [0.05, 0.1) is 5.30 Å². The van der Waals surface area contributed by atoms with Crippen molar-refractivity contribution in [2.75, 3.05) is 0 Å². The van der Waals surface area contributed by atoms with E-state index in [4.69, 9.17) is 9.05 Å². The lowest BCUT2D eigenvalue weighted by atomic mass is 9.78. The molecule has 0 fully saturated rings. The molecule has 4 aromatic carbocycles. The first-order valence-corrected chi connectivity index (χ1v) is 17.6. The molecule has 45 heavy (non-hydrogen) atoms. The maximum absolute atomic E-state index is 7.24. The Labute approximate surface area is 273 Å². The SMILES string of the molecule is Cc1cc(OP(Oc2cc(C)c(C(C)(C)C)cc2C(C)(C)C)c2cccc3c2=c2ccccc2=3)c(C(C)(C)C)cc1C(C)(C)C. The maximum Gasteiger partial charge on any atom is 0.326 e. The summed E-state index contributed by atoms with van der Waals surface area (Å²) in [6.45, 7) is 31.8. The number of aryl methyl sites for hydroxylation is 2. The number of fused-ring (bicyclic) bond motifs is 2. The van der Waals surface area contributed by atoms with E-state index in [2.05, 4.69) is 164 Å². The molecule has 0 aliphatic heterocycles. The van der Waals surface area contributed by atoms with Crippen molar-refractivity contribution < 1.29 is 9.05 Å². The third-order valence-corrected chi connectivity index (χ3v) is 10.5. The summed E-state index contributed by atoms with van der Waals surface area (Å²) in [7, 11) is -1.55. The van der Waals surface area contributed by atoms with Gasteiger partial charge in [0.15, 0.2) is 0 Å². The van der Waals surface area contributed by atoms with E-state index in [1.54, 1.807) is 0 Å². The monoisotopic (exact) mass is 620 g/mol. The van der Waals surface area contributed by atoms with Crippen molar-refractivity contribution in [3.05, 3.63) is 121 Å². The summed E-state index contributed by atoms with van der Waals surface area (Å²) in [5.74, 6) is 1.81. The van der Waals surface area contributed by atoms with Crippen LogP contribution in [0.1, 0.15) is 116 Å². The zero-order valence-corrected chi connectivity index (χ0v) is 31.0. The minimum Gasteiger partial charge on any atom is -0.435 e. The third kappa shape index (κ3) is 6.46. The zero-order chi connectivity index (χ0) is 33.3. The Morgan fingerprint density at radius 1 is 0.444 bits per heavy atom. The summed E-state index contributed by atoms with van der Waals surface area (Å²) in [5.41, 5.74) is 7.45. The van der Waals surface area contributed by atoms with Crippen LogP contribution < -0.4 is 14.4 Å². The molecule has 0 heterocycles. The summed E-state index contributed by atoms with van der Waals surface area (Å²) in [6, 6.07) is 24.5. The molecule has 3 heteroatoms. The highest BCUT2D eigenvalue weighted by Gasteiger charge is 2.32. The number of rotatable bonds is 5. The maximum atomic E-state index is 7.24. The second-order valence-electron chi connectivity index (χ2n) is 17.0. The summed E-state index contributed by atoms with van der Waals surface area (Å²) >= 11 is 0. The predicted molar refractivity (Wildman–Crippen MR) is 193 cm³/mol. The largest absolute Gasteiger partial charge is 0.435 e. The lowest BCUT2D eigenvalue weighted by Gasteiger charge is -2.32. The van der Waals surface area contributed by atoms with Gasteiger partial charge in [0.2, 0.25) is 0 Å². The molecule has 0 spiro atoms. The lowest BCUT2D eigenvalue weighted by Crippen LogP contribution is -2.22. The molecule has 0 unspecified atom stereocenters. The van der Waals surface area contributed by atoms with Gasteiger partial charge in [-0.1, -0.05) is 132 Å². The molecule has 0 atom stereocenters. The Bertz CT molecular complexity index is 1880. The minimum absolute atomic E-state index is 0.0316. The molecule has 0 N–H and O–H groups in total. The van der Waals surface area contributed by atoms with Crippen molar-refractivity contribution in [2.24, 2.45) is 0 Å². The molecule has 0 bridgehead atoms. The highest BCUT2D eigenvalue weighted by atomic mass is 31.2. The van der Waals surface area contributed by atoms with Gasteiger partial charge in [-0.15, -0.1) is 0 Å². The van der Waals surface area contributed by atoms with Gasteiger partial charge in [-0.25, -0.2) is 0 Å². The van der Waals surface area contributed by atoms with E-state index in [0.29, 0.717) is 0 Å². The van der Waals surface area contributed by atoms with Crippen molar-refractivity contribution in [2.45, 2.75) is 119 Å². The van der Waals surface area contributed by atoms with Gasteiger partial charge in [0.25, 0.3) is 0 Å². The Hall–Kier alpha value is -3.09. The van der Waals surface area contributed by atoms with Crippen molar-refractivity contribution in [3.63, 3.8) is 0 Å². The molecular formula is C42H53O2P. The molecule has 5 rings (SSSR count).